The van der Waals surface area contributed by atoms with Crippen molar-refractivity contribution in [1.29, 1.82) is 0 Å². The molecule has 4 aromatic rings. The molecule has 0 bridgehead atoms. The molecule has 1 amide bonds. The van der Waals surface area contributed by atoms with Crippen LogP contribution in [0.4, 0.5) is 5.13 Å². The van der Waals surface area contributed by atoms with Gasteiger partial charge < -0.3 is 5.32 Å². The van der Waals surface area contributed by atoms with Gasteiger partial charge in [0.05, 0.1) is 27.6 Å². The molecule has 136 valence electrons. The van der Waals surface area contributed by atoms with Gasteiger partial charge in [0, 0.05) is 6.07 Å². The number of carbonyl (C=O) groups is 1. The van der Waals surface area contributed by atoms with Crippen molar-refractivity contribution >= 4 is 43.9 Å². The summed E-state index contributed by atoms with van der Waals surface area (Å²) in [4.78, 5) is 30.1. The van der Waals surface area contributed by atoms with E-state index in [2.05, 4.69) is 15.4 Å². The lowest BCUT2D eigenvalue weighted by atomic mass is 10.1. The Morgan fingerprint density at radius 3 is 2.81 bits per heavy atom. The number of hydrogen-bond acceptors (Lipinski definition) is 6. The number of hydrogen-bond donors (Lipinski definition) is 1. The van der Waals surface area contributed by atoms with Gasteiger partial charge in [0.15, 0.2) is 5.13 Å². The predicted molar refractivity (Wildman–Crippen MR) is 109 cm³/mol. The van der Waals surface area contributed by atoms with E-state index in [9.17, 15) is 9.59 Å². The lowest BCUT2D eigenvalue weighted by Gasteiger charge is -2.12. The zero-order chi connectivity index (χ0) is 18.8. The molecule has 0 saturated heterocycles. The summed E-state index contributed by atoms with van der Waals surface area (Å²) >= 11 is 2.98. The summed E-state index contributed by atoms with van der Waals surface area (Å²) in [5.41, 5.74) is 1.35. The number of rotatable bonds is 5. The normalized spacial score (nSPS) is 12.2. The van der Waals surface area contributed by atoms with Gasteiger partial charge in [-0.3, -0.25) is 9.59 Å². The molecule has 0 aliphatic carbocycles. The minimum atomic E-state index is -0.430. The van der Waals surface area contributed by atoms with Gasteiger partial charge in [-0.25, -0.2) is 9.67 Å². The van der Waals surface area contributed by atoms with Crippen LogP contribution in [0.2, 0.25) is 0 Å². The van der Waals surface area contributed by atoms with E-state index in [0.717, 1.165) is 20.8 Å². The molecule has 1 aromatic carbocycles. The van der Waals surface area contributed by atoms with Crippen LogP contribution in [0.1, 0.15) is 6.92 Å². The number of aromatic nitrogens is 3. The lowest BCUT2D eigenvalue weighted by molar-refractivity contribution is -0.119. The summed E-state index contributed by atoms with van der Waals surface area (Å²) in [7, 11) is 0. The Labute approximate surface area is 163 Å². The van der Waals surface area contributed by atoms with Crippen molar-refractivity contribution < 1.29 is 4.79 Å². The molecule has 8 heteroatoms. The van der Waals surface area contributed by atoms with Crippen LogP contribution in [0.3, 0.4) is 0 Å². The van der Waals surface area contributed by atoms with E-state index in [0.29, 0.717) is 5.13 Å². The number of amides is 1. The summed E-state index contributed by atoms with van der Waals surface area (Å²) in [6, 6.07) is 14.8. The highest BCUT2D eigenvalue weighted by molar-refractivity contribution is 7.22. The maximum atomic E-state index is 12.5. The largest absolute Gasteiger partial charge is 0.302 e. The van der Waals surface area contributed by atoms with Crippen molar-refractivity contribution in [3.63, 3.8) is 0 Å². The number of nitrogens with one attached hydrogen (secondary N) is 1. The number of fused-ring (bicyclic) bond motifs is 1. The molecular weight excluding hydrogens is 380 g/mol. The number of anilines is 1. The number of carbonyl (C=O) groups excluding carboxylic acids is 1. The second-order valence-corrected chi connectivity index (χ2v) is 8.07. The minimum Gasteiger partial charge on any atom is -0.302 e. The van der Waals surface area contributed by atoms with Crippen LogP contribution < -0.4 is 10.9 Å². The predicted octanol–water partition coefficient (Wildman–Crippen LogP) is 3.86. The molecule has 1 N–H and O–H groups in total. The van der Waals surface area contributed by atoms with E-state index in [-0.39, 0.29) is 18.0 Å². The third kappa shape index (κ3) is 3.81. The highest BCUT2D eigenvalue weighted by Gasteiger charge is 2.17. The van der Waals surface area contributed by atoms with E-state index in [1.165, 1.54) is 22.1 Å². The van der Waals surface area contributed by atoms with Crippen molar-refractivity contribution in [1.82, 2.24) is 14.8 Å². The molecule has 3 aromatic heterocycles. The number of thiazole rings is 1. The zero-order valence-corrected chi connectivity index (χ0v) is 16.1. The van der Waals surface area contributed by atoms with Crippen molar-refractivity contribution in [3.05, 3.63) is 64.3 Å². The highest BCUT2D eigenvalue weighted by atomic mass is 32.1. The molecule has 0 saturated carbocycles. The summed E-state index contributed by atoms with van der Waals surface area (Å²) < 4.78 is 2.36. The third-order valence-corrected chi connectivity index (χ3v) is 5.90. The molecule has 6 nitrogen and oxygen atoms in total. The van der Waals surface area contributed by atoms with E-state index in [1.54, 1.807) is 24.3 Å². The highest BCUT2D eigenvalue weighted by Crippen LogP contribution is 2.26. The van der Waals surface area contributed by atoms with Crippen molar-refractivity contribution in [2.45, 2.75) is 13.5 Å². The number of para-hydroxylation sites is 1. The fourth-order valence-electron chi connectivity index (χ4n) is 2.63. The molecule has 0 radical (unpaired) electrons. The van der Waals surface area contributed by atoms with Crippen molar-refractivity contribution in [2.75, 3.05) is 5.32 Å². The zero-order valence-electron chi connectivity index (χ0n) is 14.5. The second-order valence-electron chi connectivity index (χ2n) is 6.09. The topological polar surface area (TPSA) is 76.9 Å². The van der Waals surface area contributed by atoms with Gasteiger partial charge in [0.1, 0.15) is 5.69 Å². The molecule has 4 rings (SSSR count). The van der Waals surface area contributed by atoms with Crippen LogP contribution in [-0.2, 0) is 11.3 Å². The van der Waals surface area contributed by atoms with Gasteiger partial charge in [-0.05, 0) is 29.6 Å². The molecule has 1 atom stereocenters. The van der Waals surface area contributed by atoms with Crippen molar-refractivity contribution in [2.24, 2.45) is 5.92 Å². The van der Waals surface area contributed by atoms with Crippen LogP contribution >= 0.6 is 22.7 Å². The van der Waals surface area contributed by atoms with E-state index < -0.39 is 5.92 Å². The molecule has 0 spiro atoms. The first-order valence-corrected chi connectivity index (χ1v) is 10.1. The van der Waals surface area contributed by atoms with Crippen LogP contribution in [0.15, 0.2) is 58.7 Å². The Morgan fingerprint density at radius 2 is 2.04 bits per heavy atom. The molecule has 0 fully saturated rings. The molecule has 27 heavy (non-hydrogen) atoms. The van der Waals surface area contributed by atoms with Gasteiger partial charge in [-0.15, -0.1) is 11.3 Å². The SMILES string of the molecule is CC(Cn1nc(-c2cccs2)ccc1=O)C(=O)Nc1nc2ccccc2s1. The Bertz CT molecular complexity index is 1110. The first kappa shape index (κ1) is 17.6. The third-order valence-electron chi connectivity index (χ3n) is 4.06. The van der Waals surface area contributed by atoms with E-state index in [1.807, 2.05) is 41.8 Å². The summed E-state index contributed by atoms with van der Waals surface area (Å²) in [6.07, 6.45) is 0. The Balaban J connectivity index is 1.49. The van der Waals surface area contributed by atoms with Crippen LogP contribution in [0, 0.1) is 5.92 Å². The average Bonchev–Trinajstić information content (AvgIpc) is 3.32. The first-order chi connectivity index (χ1) is 13.1. The van der Waals surface area contributed by atoms with E-state index >= 15 is 0 Å². The Morgan fingerprint density at radius 1 is 1.19 bits per heavy atom. The fraction of sp³-hybridized carbons (Fsp3) is 0.158. The summed E-state index contributed by atoms with van der Waals surface area (Å²) in [5, 5.41) is 9.76. The Kier molecular flexibility index (Phi) is 4.83. The van der Waals surface area contributed by atoms with Crippen LogP contribution in [0.25, 0.3) is 20.8 Å². The summed E-state index contributed by atoms with van der Waals surface area (Å²) in [6.45, 7) is 1.98. The quantitative estimate of drug-likeness (QED) is 0.556. The van der Waals surface area contributed by atoms with E-state index in [4.69, 9.17) is 0 Å². The average molecular weight is 396 g/mol. The first-order valence-electron chi connectivity index (χ1n) is 8.38. The van der Waals surface area contributed by atoms with Gasteiger partial charge in [0.2, 0.25) is 5.91 Å². The van der Waals surface area contributed by atoms with Gasteiger partial charge >= 0.3 is 0 Å². The molecule has 1 unspecified atom stereocenters. The summed E-state index contributed by atoms with van der Waals surface area (Å²) in [5.74, 6) is -0.620. The number of thiophene rings is 1. The molecule has 0 aliphatic heterocycles. The van der Waals surface area contributed by atoms with Gasteiger partial charge in [-0.2, -0.15) is 5.10 Å². The maximum Gasteiger partial charge on any atom is 0.266 e. The van der Waals surface area contributed by atoms with Crippen LogP contribution in [-0.4, -0.2) is 20.7 Å². The molecule has 3 heterocycles. The van der Waals surface area contributed by atoms with Gasteiger partial charge in [0.25, 0.3) is 5.56 Å². The number of nitrogens with zero attached hydrogens (tertiary/aromatic N) is 3. The number of benzene rings is 1. The van der Waals surface area contributed by atoms with Gasteiger partial charge in [-0.1, -0.05) is 36.5 Å². The monoisotopic (exact) mass is 396 g/mol. The smallest absolute Gasteiger partial charge is 0.266 e. The second kappa shape index (κ2) is 7.42. The lowest BCUT2D eigenvalue weighted by Crippen LogP contribution is -2.30. The Hall–Kier alpha value is -2.84. The minimum absolute atomic E-state index is 0.190. The fourth-order valence-corrected chi connectivity index (χ4v) is 4.19. The molecule has 0 aliphatic rings. The molecular formula is C19H16N4O2S2. The van der Waals surface area contributed by atoms with Crippen molar-refractivity contribution in [3.8, 4) is 10.6 Å². The maximum absolute atomic E-state index is 12.5. The standard InChI is InChI=1S/C19H16N4O2S2/c1-12(18(25)21-19-20-13-5-2-3-6-16(13)27-19)11-23-17(24)9-8-14(22-23)15-7-4-10-26-15/h2-10,12H,11H2,1H3,(H,20,21,25). The van der Waals surface area contributed by atoms with Crippen LogP contribution in [0.5, 0.6) is 0 Å².